The number of aromatic nitrogens is 2. The number of nitrogens with one attached hydrogen (secondary N) is 1. The molecule has 1 aliphatic carbocycles. The van der Waals surface area contributed by atoms with Gasteiger partial charge in [0, 0.05) is 23.4 Å². The van der Waals surface area contributed by atoms with Crippen LogP contribution in [0.25, 0.3) is 0 Å². The van der Waals surface area contributed by atoms with Crippen molar-refractivity contribution in [2.75, 3.05) is 11.1 Å². The number of hydrogen-bond donors (Lipinski definition) is 1. The summed E-state index contributed by atoms with van der Waals surface area (Å²) in [5.41, 5.74) is 2.37. The number of benzene rings is 1. The van der Waals surface area contributed by atoms with Gasteiger partial charge in [-0.25, -0.2) is 4.98 Å². The van der Waals surface area contributed by atoms with Gasteiger partial charge in [0.1, 0.15) is 0 Å². The summed E-state index contributed by atoms with van der Waals surface area (Å²) in [5, 5.41) is 4.37. The fraction of sp³-hybridized carbons (Fsp3) is 0.353. The number of nitrogens with zero attached hydrogens (tertiary/aromatic N) is 2. The zero-order chi connectivity index (χ0) is 17.6. The molecule has 8 heteroatoms. The van der Waals surface area contributed by atoms with E-state index in [1.165, 1.54) is 0 Å². The van der Waals surface area contributed by atoms with Crippen LogP contribution in [0.3, 0.4) is 0 Å². The van der Waals surface area contributed by atoms with Gasteiger partial charge in [0.25, 0.3) is 5.56 Å². The van der Waals surface area contributed by atoms with E-state index in [0.29, 0.717) is 21.5 Å². The maximum absolute atomic E-state index is 12.7. The van der Waals surface area contributed by atoms with Crippen molar-refractivity contribution in [2.45, 2.75) is 36.9 Å². The largest absolute Gasteiger partial charge is 0.326 e. The number of aryl methyl sites for hydroxylation is 1. The maximum atomic E-state index is 12.7. The quantitative estimate of drug-likeness (QED) is 0.804. The van der Waals surface area contributed by atoms with E-state index in [1.807, 2.05) is 0 Å². The molecule has 1 atom stereocenters. The summed E-state index contributed by atoms with van der Waals surface area (Å²) in [5.74, 6) is 0.518. The molecule has 1 aromatic carbocycles. The van der Waals surface area contributed by atoms with Gasteiger partial charge in [-0.05, 0) is 37.5 Å². The number of carbonyl (C=O) groups excluding carboxylic acids is 1. The molecule has 1 amide bonds. The molecule has 0 saturated carbocycles. The fourth-order valence-corrected chi connectivity index (χ4v) is 4.75. The topological polar surface area (TPSA) is 64.0 Å². The predicted octanol–water partition coefficient (Wildman–Crippen LogP) is 3.71. The highest BCUT2D eigenvalue weighted by Gasteiger charge is 2.31. The molecule has 5 nitrogen and oxygen atoms in total. The van der Waals surface area contributed by atoms with Crippen LogP contribution in [0, 0.1) is 0 Å². The first-order valence-corrected chi connectivity index (χ1v) is 9.79. The van der Waals surface area contributed by atoms with E-state index in [0.717, 1.165) is 35.7 Å². The second-order valence-corrected chi connectivity index (χ2v) is 8.00. The molecule has 25 heavy (non-hydrogen) atoms. The number of rotatable bonds is 3. The van der Waals surface area contributed by atoms with E-state index in [2.05, 4.69) is 10.3 Å². The molecular formula is C17H15Cl2N3O2S. The number of hydrogen-bond acceptors (Lipinski definition) is 4. The molecule has 1 aliphatic heterocycles. The second kappa shape index (κ2) is 6.67. The van der Waals surface area contributed by atoms with Gasteiger partial charge in [-0.15, -0.1) is 0 Å². The van der Waals surface area contributed by atoms with Crippen LogP contribution in [0.1, 0.15) is 30.1 Å². The van der Waals surface area contributed by atoms with E-state index >= 15 is 0 Å². The van der Waals surface area contributed by atoms with Crippen molar-refractivity contribution < 1.29 is 4.79 Å². The first kappa shape index (κ1) is 16.9. The van der Waals surface area contributed by atoms with Gasteiger partial charge in [-0.3, -0.25) is 14.2 Å². The highest BCUT2D eigenvalue weighted by atomic mass is 35.5. The summed E-state index contributed by atoms with van der Waals surface area (Å²) >= 11 is 13.4. The Labute approximate surface area is 158 Å². The Kier molecular flexibility index (Phi) is 4.52. The van der Waals surface area contributed by atoms with Crippen LogP contribution in [-0.2, 0) is 17.6 Å². The van der Waals surface area contributed by atoms with Gasteiger partial charge < -0.3 is 5.32 Å². The van der Waals surface area contributed by atoms with Crippen LogP contribution in [0.4, 0.5) is 5.69 Å². The fourth-order valence-electron chi connectivity index (χ4n) is 3.30. The number of amides is 1. The molecule has 1 aromatic heterocycles. The number of anilines is 1. The molecule has 0 saturated heterocycles. The van der Waals surface area contributed by atoms with Crippen LogP contribution < -0.4 is 10.9 Å². The first-order valence-electron chi connectivity index (χ1n) is 8.05. The predicted molar refractivity (Wildman–Crippen MR) is 100.0 cm³/mol. The molecule has 1 N–H and O–H groups in total. The average Bonchev–Trinajstić information content (AvgIpc) is 3.19. The minimum Gasteiger partial charge on any atom is -0.326 e. The Morgan fingerprint density at radius 1 is 1.32 bits per heavy atom. The Hall–Kier alpha value is -1.50. The van der Waals surface area contributed by atoms with E-state index in [4.69, 9.17) is 23.2 Å². The number of fused-ring (bicyclic) bond motifs is 2. The summed E-state index contributed by atoms with van der Waals surface area (Å²) < 4.78 is 1.70. The molecule has 2 heterocycles. The first-order chi connectivity index (χ1) is 12.0. The molecule has 0 fully saturated rings. The molecular weight excluding hydrogens is 381 g/mol. The third kappa shape index (κ3) is 3.18. The zero-order valence-electron chi connectivity index (χ0n) is 13.2. The van der Waals surface area contributed by atoms with Crippen molar-refractivity contribution in [1.82, 2.24) is 9.55 Å². The van der Waals surface area contributed by atoms with Gasteiger partial charge in [0.05, 0.1) is 21.8 Å². The summed E-state index contributed by atoms with van der Waals surface area (Å²) in [7, 11) is 0. The smallest absolute Gasteiger partial charge is 0.257 e. The van der Waals surface area contributed by atoms with Crippen LogP contribution in [0.5, 0.6) is 0 Å². The highest BCUT2D eigenvalue weighted by molar-refractivity contribution is 7.99. The van der Waals surface area contributed by atoms with Crippen molar-refractivity contribution in [1.29, 1.82) is 0 Å². The molecule has 0 radical (unpaired) electrons. The van der Waals surface area contributed by atoms with Crippen LogP contribution in [-0.4, -0.2) is 21.2 Å². The van der Waals surface area contributed by atoms with Crippen molar-refractivity contribution in [2.24, 2.45) is 0 Å². The molecule has 130 valence electrons. The Bertz CT molecular complexity index is 929. The van der Waals surface area contributed by atoms with Crippen molar-refractivity contribution in [3.05, 3.63) is 49.9 Å². The van der Waals surface area contributed by atoms with Gasteiger partial charge in [0.15, 0.2) is 5.16 Å². The lowest BCUT2D eigenvalue weighted by molar-refractivity contribution is -0.116. The van der Waals surface area contributed by atoms with E-state index in [-0.39, 0.29) is 23.9 Å². The summed E-state index contributed by atoms with van der Waals surface area (Å²) in [4.78, 5) is 29.7. The van der Waals surface area contributed by atoms with Crippen LogP contribution in [0.2, 0.25) is 10.0 Å². The third-order valence-corrected chi connectivity index (χ3v) is 6.33. The van der Waals surface area contributed by atoms with Crippen molar-refractivity contribution >= 4 is 46.6 Å². The summed E-state index contributed by atoms with van der Waals surface area (Å²) in [6.07, 6.45) is 2.87. The lowest BCUT2D eigenvalue weighted by Crippen LogP contribution is -2.30. The maximum Gasteiger partial charge on any atom is 0.257 e. The molecule has 0 spiro atoms. The molecule has 2 aromatic rings. The van der Waals surface area contributed by atoms with Gasteiger partial charge >= 0.3 is 0 Å². The normalized spacial score (nSPS) is 18.1. The van der Waals surface area contributed by atoms with Gasteiger partial charge in [-0.2, -0.15) is 0 Å². The number of halogens is 2. The van der Waals surface area contributed by atoms with Gasteiger partial charge in [0.2, 0.25) is 5.91 Å². The van der Waals surface area contributed by atoms with E-state index in [9.17, 15) is 9.59 Å². The Balaban J connectivity index is 1.52. The molecule has 0 bridgehead atoms. The monoisotopic (exact) mass is 395 g/mol. The van der Waals surface area contributed by atoms with Crippen LogP contribution >= 0.6 is 35.0 Å². The standard InChI is InChI=1S/C17H15Cl2N3O2S/c18-12-5-4-9(6-13(12)19)20-15(23)7-10-8-25-17-21-14-3-1-2-11(14)16(24)22(10)17/h4-6,10H,1-3,7-8H2,(H,20,23). The van der Waals surface area contributed by atoms with E-state index in [1.54, 1.807) is 34.5 Å². The highest BCUT2D eigenvalue weighted by Crippen LogP contribution is 2.34. The molecule has 4 rings (SSSR count). The van der Waals surface area contributed by atoms with Crippen molar-refractivity contribution in [3.63, 3.8) is 0 Å². The average molecular weight is 396 g/mol. The number of carbonyl (C=O) groups is 1. The lowest BCUT2D eigenvalue weighted by Gasteiger charge is -2.14. The lowest BCUT2D eigenvalue weighted by atomic mass is 10.2. The second-order valence-electron chi connectivity index (χ2n) is 6.19. The minimum absolute atomic E-state index is 0.0230. The SMILES string of the molecule is O=C(CC1CSc2nc3c(c(=O)n21)CCC3)Nc1ccc(Cl)c(Cl)c1. The minimum atomic E-state index is -0.173. The number of thioether (sulfide) groups is 1. The van der Waals surface area contributed by atoms with Gasteiger partial charge in [-0.1, -0.05) is 35.0 Å². The summed E-state index contributed by atoms with van der Waals surface area (Å²) in [6.45, 7) is 0. The zero-order valence-corrected chi connectivity index (χ0v) is 15.5. The molecule has 2 aliphatic rings. The third-order valence-electron chi connectivity index (χ3n) is 4.50. The van der Waals surface area contributed by atoms with E-state index < -0.39 is 0 Å². The molecule has 1 unspecified atom stereocenters. The van der Waals surface area contributed by atoms with Crippen LogP contribution in [0.15, 0.2) is 28.2 Å². The Morgan fingerprint density at radius 3 is 2.96 bits per heavy atom. The van der Waals surface area contributed by atoms with Crippen molar-refractivity contribution in [3.8, 4) is 0 Å². The Morgan fingerprint density at radius 2 is 2.16 bits per heavy atom. The summed E-state index contributed by atoms with van der Waals surface area (Å²) in [6, 6.07) is 4.77.